The third-order valence-electron chi connectivity index (χ3n) is 10.9. The van der Waals surface area contributed by atoms with E-state index in [1.54, 1.807) is 22.7 Å². The number of carbonyl (C=O) groups excluding carboxylic acids is 3. The Morgan fingerprint density at radius 3 is 1.49 bits per heavy atom. The van der Waals surface area contributed by atoms with Gasteiger partial charge in [-0.3, -0.25) is 29.0 Å². The molecule has 0 radical (unpaired) electrons. The molecule has 2 aliphatic rings. The van der Waals surface area contributed by atoms with E-state index in [-0.39, 0.29) is 47.3 Å². The normalized spacial score (nSPS) is 22.8. The maximum absolute atomic E-state index is 12.3. The Morgan fingerprint density at radius 1 is 0.660 bits per heavy atom. The minimum atomic E-state index is -0.845. The molecule has 0 aromatic carbocycles. The molecule has 10 nitrogen and oxygen atoms in total. The first-order chi connectivity index (χ1) is 25.4. The maximum Gasteiger partial charge on any atom is 0.303 e. The summed E-state index contributed by atoms with van der Waals surface area (Å²) in [6, 6.07) is 13.2. The van der Waals surface area contributed by atoms with Gasteiger partial charge in [0.15, 0.2) is 0 Å². The molecular formula is C40H59N5O5S3. The predicted molar refractivity (Wildman–Crippen MR) is 217 cm³/mol. The van der Waals surface area contributed by atoms with E-state index in [4.69, 9.17) is 5.11 Å². The Labute approximate surface area is 327 Å². The van der Waals surface area contributed by atoms with E-state index in [1.165, 1.54) is 14.6 Å². The van der Waals surface area contributed by atoms with Crippen molar-refractivity contribution in [2.24, 2.45) is 0 Å². The van der Waals surface area contributed by atoms with Crippen LogP contribution in [0.5, 0.6) is 0 Å². The third kappa shape index (κ3) is 12.7. The quantitative estimate of drug-likeness (QED) is 0.116. The number of rotatable bonds is 17. The summed E-state index contributed by atoms with van der Waals surface area (Å²) in [4.78, 5) is 55.4. The number of carboxylic acid groups (broad SMARTS) is 1. The summed E-state index contributed by atoms with van der Waals surface area (Å²) in [5, 5.41) is 24.1. The van der Waals surface area contributed by atoms with Crippen LogP contribution in [0.15, 0.2) is 52.5 Å². The predicted octanol–water partition coefficient (Wildman–Crippen LogP) is 6.97. The monoisotopic (exact) mass is 785 g/mol. The molecule has 3 aromatic rings. The van der Waals surface area contributed by atoms with Crippen molar-refractivity contribution in [2.75, 3.05) is 34.7 Å². The summed E-state index contributed by atoms with van der Waals surface area (Å²) < 4.78 is 0. The molecule has 0 atom stereocenters. The minimum Gasteiger partial charge on any atom is -0.481 e. The Bertz CT molecular complexity index is 1530. The number of hydrogen-bond acceptors (Lipinski definition) is 9. The van der Waals surface area contributed by atoms with Crippen molar-refractivity contribution in [1.82, 2.24) is 25.8 Å². The van der Waals surface area contributed by atoms with Crippen molar-refractivity contribution < 1.29 is 24.3 Å². The Hall–Kier alpha value is -3.10. The van der Waals surface area contributed by atoms with E-state index in [9.17, 15) is 19.2 Å². The summed E-state index contributed by atoms with van der Waals surface area (Å²) in [6.07, 6.45) is 11.1. The molecule has 0 spiro atoms. The second kappa shape index (κ2) is 21.1. The lowest BCUT2D eigenvalue weighted by atomic mass is 9.77. The zero-order chi connectivity index (χ0) is 38.3. The van der Waals surface area contributed by atoms with E-state index < -0.39 is 5.97 Å². The summed E-state index contributed by atoms with van der Waals surface area (Å²) in [6.45, 7) is 0.658. The number of carboxylic acids is 1. The number of amides is 3. The molecule has 2 saturated carbocycles. The highest BCUT2D eigenvalue weighted by molar-refractivity contribution is 7.10. The number of thiophene rings is 3. The van der Waals surface area contributed by atoms with E-state index in [0.717, 1.165) is 57.8 Å². The molecule has 53 heavy (non-hydrogen) atoms. The zero-order valence-electron chi connectivity index (χ0n) is 31.9. The van der Waals surface area contributed by atoms with Gasteiger partial charge < -0.3 is 21.1 Å². The molecule has 3 heterocycles. The van der Waals surface area contributed by atoms with Crippen molar-refractivity contribution >= 4 is 57.7 Å². The summed E-state index contributed by atoms with van der Waals surface area (Å²) in [5.74, 6) is -0.768. The van der Waals surface area contributed by atoms with Crippen LogP contribution >= 0.6 is 34.0 Å². The van der Waals surface area contributed by atoms with Crippen molar-refractivity contribution in [2.45, 2.75) is 119 Å². The highest BCUT2D eigenvalue weighted by Gasteiger charge is 2.41. The SMILES string of the molecule is CN(C)C1(c2cccs2)CCC(NC(=O)CCCC(=O)NCCc2cccs2)CC1.CN(C)C1(c2cccs2)CCC(NC(=O)CCCC(=O)O)CC1. The van der Waals surface area contributed by atoms with Gasteiger partial charge in [-0.1, -0.05) is 18.2 Å². The molecule has 3 aromatic heterocycles. The smallest absolute Gasteiger partial charge is 0.303 e. The van der Waals surface area contributed by atoms with Gasteiger partial charge in [0.05, 0.1) is 11.1 Å². The largest absolute Gasteiger partial charge is 0.481 e. The minimum absolute atomic E-state index is 0.0234. The molecule has 13 heteroatoms. The molecule has 0 unspecified atom stereocenters. The first kappa shape index (κ1) is 42.6. The lowest BCUT2D eigenvalue weighted by Gasteiger charge is -2.44. The topological polar surface area (TPSA) is 131 Å². The van der Waals surface area contributed by atoms with E-state index in [1.807, 2.05) is 22.8 Å². The molecule has 4 N–H and O–H groups in total. The van der Waals surface area contributed by atoms with Gasteiger partial charge in [-0.15, -0.1) is 34.0 Å². The third-order valence-corrected chi connectivity index (χ3v) is 14.0. The van der Waals surface area contributed by atoms with Gasteiger partial charge in [0.2, 0.25) is 17.7 Å². The van der Waals surface area contributed by atoms with E-state index in [0.29, 0.717) is 38.6 Å². The van der Waals surface area contributed by atoms with E-state index in [2.05, 4.69) is 95.0 Å². The fraction of sp³-hybridized carbons (Fsp3) is 0.600. The van der Waals surface area contributed by atoms with Gasteiger partial charge in [-0.2, -0.15) is 0 Å². The van der Waals surface area contributed by atoms with Crippen LogP contribution in [-0.2, 0) is 36.7 Å². The van der Waals surface area contributed by atoms with Crippen molar-refractivity contribution in [3.63, 3.8) is 0 Å². The molecule has 2 aliphatic carbocycles. The second-order valence-corrected chi connectivity index (χ2v) is 17.7. The van der Waals surface area contributed by atoms with Crippen LogP contribution in [0.25, 0.3) is 0 Å². The van der Waals surface area contributed by atoms with Crippen molar-refractivity contribution in [3.8, 4) is 0 Å². The van der Waals surface area contributed by atoms with E-state index >= 15 is 0 Å². The van der Waals surface area contributed by atoms with Crippen LogP contribution in [-0.4, -0.2) is 85.4 Å². The molecular weight excluding hydrogens is 727 g/mol. The van der Waals surface area contributed by atoms with Gasteiger partial charge in [0.25, 0.3) is 0 Å². The first-order valence-electron chi connectivity index (χ1n) is 19.0. The number of carbonyl (C=O) groups is 4. The van der Waals surface area contributed by atoms with Crippen molar-refractivity contribution in [3.05, 3.63) is 67.2 Å². The Kier molecular flexibility index (Phi) is 17.0. The average molecular weight is 786 g/mol. The van der Waals surface area contributed by atoms with Gasteiger partial charge >= 0.3 is 5.97 Å². The lowest BCUT2D eigenvalue weighted by Crippen LogP contribution is -2.48. The molecule has 0 aliphatic heterocycles. The van der Waals surface area contributed by atoms with Gasteiger partial charge in [0, 0.05) is 58.9 Å². The van der Waals surface area contributed by atoms with Crippen LogP contribution in [0.1, 0.15) is 105 Å². The van der Waals surface area contributed by atoms with Crippen LogP contribution < -0.4 is 16.0 Å². The fourth-order valence-electron chi connectivity index (χ4n) is 7.67. The first-order valence-corrected chi connectivity index (χ1v) is 21.6. The fourth-order valence-corrected chi connectivity index (χ4v) is 10.5. The van der Waals surface area contributed by atoms with Crippen LogP contribution in [0.2, 0.25) is 0 Å². The van der Waals surface area contributed by atoms with Crippen LogP contribution in [0.3, 0.4) is 0 Å². The molecule has 292 valence electrons. The Balaban J connectivity index is 0.000000245. The molecule has 0 saturated heterocycles. The molecule has 5 rings (SSSR count). The highest BCUT2D eigenvalue weighted by atomic mass is 32.1. The van der Waals surface area contributed by atoms with Crippen LogP contribution in [0.4, 0.5) is 0 Å². The second-order valence-electron chi connectivity index (χ2n) is 14.8. The zero-order valence-corrected chi connectivity index (χ0v) is 34.3. The standard InChI is InChI=1S/C23H33N3O2S2.C17H26N2O3S/c1-26(2)23(20-7-5-17-30-20)13-10-18(11-14-23)25-22(28)9-3-8-21(27)24-15-12-19-6-4-16-29-19;1-19(2)17(14-5-4-12-23-14)10-8-13(9-11-17)18-15(20)6-3-7-16(21)22/h4-7,16-18H,3,8-15H2,1-2H3,(H,24,27)(H,25,28);4-5,12-13H,3,6-11H2,1-2H3,(H,18,20)(H,21,22). The average Bonchev–Trinajstić information content (AvgIpc) is 3.94. The maximum atomic E-state index is 12.3. The number of hydrogen-bond donors (Lipinski definition) is 4. The molecule has 2 fully saturated rings. The lowest BCUT2D eigenvalue weighted by molar-refractivity contribution is -0.137. The molecule has 3 amide bonds. The van der Waals surface area contributed by atoms with Gasteiger partial charge in [-0.25, -0.2) is 0 Å². The Morgan fingerprint density at radius 2 is 1.09 bits per heavy atom. The van der Waals surface area contributed by atoms with Gasteiger partial charge in [0.1, 0.15) is 0 Å². The number of nitrogens with zero attached hydrogens (tertiary/aromatic N) is 2. The highest BCUT2D eigenvalue weighted by Crippen LogP contribution is 2.44. The summed E-state index contributed by atoms with van der Waals surface area (Å²) in [5.41, 5.74) is 0.176. The molecule has 0 bridgehead atoms. The number of aliphatic carboxylic acids is 1. The summed E-state index contributed by atoms with van der Waals surface area (Å²) >= 11 is 5.33. The van der Waals surface area contributed by atoms with Gasteiger partial charge in [-0.05, 0) is 133 Å². The van der Waals surface area contributed by atoms with Crippen LogP contribution in [0, 0.1) is 0 Å². The summed E-state index contributed by atoms with van der Waals surface area (Å²) in [7, 11) is 8.57. The van der Waals surface area contributed by atoms with Crippen molar-refractivity contribution in [1.29, 1.82) is 0 Å². The number of nitrogens with one attached hydrogen (secondary N) is 3.